The first kappa shape index (κ1) is 15.8. The standard InChI is InChI=1S/C14H20N2O2S.ClH/c17-14(11-3-1-5-15-9-11)16-6-7-18-12(10-16)13-4-2-8-19-13;/h2,4,8,11-12,15H,1,3,5-7,9-10H2;1H. The molecule has 2 saturated heterocycles. The van der Waals surface area contributed by atoms with E-state index in [1.165, 1.54) is 4.88 Å². The smallest absolute Gasteiger partial charge is 0.227 e. The van der Waals surface area contributed by atoms with Gasteiger partial charge >= 0.3 is 0 Å². The van der Waals surface area contributed by atoms with Crippen molar-refractivity contribution in [2.45, 2.75) is 18.9 Å². The lowest BCUT2D eigenvalue weighted by molar-refractivity contribution is -0.143. The first-order valence-corrected chi connectivity index (χ1v) is 7.87. The maximum absolute atomic E-state index is 12.5. The molecule has 1 aromatic heterocycles. The minimum Gasteiger partial charge on any atom is -0.369 e. The molecule has 1 aromatic rings. The minimum absolute atomic E-state index is 0. The van der Waals surface area contributed by atoms with Crippen molar-refractivity contribution in [1.29, 1.82) is 0 Å². The molecular formula is C14H21ClN2O2S. The first-order valence-electron chi connectivity index (χ1n) is 6.99. The van der Waals surface area contributed by atoms with Crippen LogP contribution >= 0.6 is 23.7 Å². The van der Waals surface area contributed by atoms with Crippen LogP contribution in [0.3, 0.4) is 0 Å². The molecule has 112 valence electrons. The average molecular weight is 317 g/mol. The summed E-state index contributed by atoms with van der Waals surface area (Å²) in [5.74, 6) is 0.466. The number of nitrogens with zero attached hydrogens (tertiary/aromatic N) is 1. The van der Waals surface area contributed by atoms with E-state index < -0.39 is 0 Å². The van der Waals surface area contributed by atoms with E-state index in [9.17, 15) is 4.79 Å². The zero-order chi connectivity index (χ0) is 13.1. The van der Waals surface area contributed by atoms with Crippen molar-refractivity contribution in [1.82, 2.24) is 10.2 Å². The average Bonchev–Trinajstić information content (AvgIpc) is 3.02. The van der Waals surface area contributed by atoms with Gasteiger partial charge in [0.15, 0.2) is 0 Å². The fraction of sp³-hybridized carbons (Fsp3) is 0.643. The van der Waals surface area contributed by atoms with Gasteiger partial charge in [0.25, 0.3) is 0 Å². The fourth-order valence-corrected chi connectivity index (χ4v) is 3.58. The third kappa shape index (κ3) is 3.52. The van der Waals surface area contributed by atoms with Gasteiger partial charge in [0, 0.05) is 18.0 Å². The highest BCUT2D eigenvalue weighted by atomic mass is 35.5. The molecular weight excluding hydrogens is 296 g/mol. The fourth-order valence-electron chi connectivity index (χ4n) is 2.82. The molecule has 0 aromatic carbocycles. The second kappa shape index (κ2) is 7.41. The summed E-state index contributed by atoms with van der Waals surface area (Å²) < 4.78 is 5.79. The van der Waals surface area contributed by atoms with Crippen LogP contribution in [0.15, 0.2) is 17.5 Å². The number of carbonyl (C=O) groups excluding carboxylic acids is 1. The van der Waals surface area contributed by atoms with Gasteiger partial charge < -0.3 is 15.0 Å². The van der Waals surface area contributed by atoms with Crippen LogP contribution in [0.1, 0.15) is 23.8 Å². The lowest BCUT2D eigenvalue weighted by Gasteiger charge is -2.35. The number of nitrogens with one attached hydrogen (secondary N) is 1. The molecule has 0 bridgehead atoms. The highest BCUT2D eigenvalue weighted by Gasteiger charge is 2.30. The normalized spacial score (nSPS) is 26.9. The number of rotatable bonds is 2. The quantitative estimate of drug-likeness (QED) is 0.908. The summed E-state index contributed by atoms with van der Waals surface area (Å²) in [5.41, 5.74) is 0. The van der Waals surface area contributed by atoms with E-state index in [4.69, 9.17) is 4.74 Å². The molecule has 6 heteroatoms. The van der Waals surface area contributed by atoms with Crippen LogP contribution in [0, 0.1) is 5.92 Å². The third-order valence-electron chi connectivity index (χ3n) is 3.88. The highest BCUT2D eigenvalue weighted by Crippen LogP contribution is 2.27. The van der Waals surface area contributed by atoms with Gasteiger partial charge in [-0.05, 0) is 30.8 Å². The zero-order valence-corrected chi connectivity index (χ0v) is 13.0. The first-order chi connectivity index (χ1) is 9.34. The number of morpholine rings is 1. The van der Waals surface area contributed by atoms with E-state index in [-0.39, 0.29) is 24.4 Å². The Balaban J connectivity index is 0.00000147. The van der Waals surface area contributed by atoms with Gasteiger partial charge in [-0.1, -0.05) is 6.07 Å². The van der Waals surface area contributed by atoms with E-state index >= 15 is 0 Å². The molecule has 2 aliphatic heterocycles. The number of thiophene rings is 1. The Morgan fingerprint density at radius 2 is 2.40 bits per heavy atom. The van der Waals surface area contributed by atoms with Crippen molar-refractivity contribution >= 4 is 29.7 Å². The van der Waals surface area contributed by atoms with E-state index in [0.29, 0.717) is 19.1 Å². The third-order valence-corrected chi connectivity index (χ3v) is 4.85. The van der Waals surface area contributed by atoms with Gasteiger partial charge in [0.1, 0.15) is 6.10 Å². The van der Waals surface area contributed by atoms with Crippen LogP contribution in [-0.2, 0) is 9.53 Å². The van der Waals surface area contributed by atoms with Gasteiger partial charge in [-0.2, -0.15) is 0 Å². The zero-order valence-electron chi connectivity index (χ0n) is 11.4. The molecule has 0 spiro atoms. The number of piperidine rings is 1. The summed E-state index contributed by atoms with van der Waals surface area (Å²) >= 11 is 1.70. The maximum Gasteiger partial charge on any atom is 0.227 e. The lowest BCUT2D eigenvalue weighted by atomic mass is 9.97. The molecule has 4 nitrogen and oxygen atoms in total. The molecule has 0 aliphatic carbocycles. The van der Waals surface area contributed by atoms with E-state index in [0.717, 1.165) is 32.5 Å². The molecule has 2 unspecified atom stereocenters. The van der Waals surface area contributed by atoms with Crippen molar-refractivity contribution in [3.8, 4) is 0 Å². The Morgan fingerprint density at radius 1 is 1.50 bits per heavy atom. The molecule has 2 atom stereocenters. The Labute approximate surface area is 129 Å². The topological polar surface area (TPSA) is 41.6 Å². The lowest BCUT2D eigenvalue weighted by Crippen LogP contribution is -2.48. The highest BCUT2D eigenvalue weighted by molar-refractivity contribution is 7.10. The number of amides is 1. The summed E-state index contributed by atoms with van der Waals surface area (Å²) in [6.07, 6.45) is 2.19. The number of ether oxygens (including phenoxy) is 1. The summed E-state index contributed by atoms with van der Waals surface area (Å²) in [6, 6.07) is 4.13. The molecule has 1 amide bonds. The summed E-state index contributed by atoms with van der Waals surface area (Å²) in [5, 5.41) is 5.38. The molecule has 0 saturated carbocycles. The van der Waals surface area contributed by atoms with Gasteiger partial charge in [0.05, 0.1) is 19.1 Å². The molecule has 20 heavy (non-hydrogen) atoms. The van der Waals surface area contributed by atoms with E-state index in [1.54, 1.807) is 11.3 Å². The van der Waals surface area contributed by atoms with Crippen molar-refractivity contribution < 1.29 is 9.53 Å². The van der Waals surface area contributed by atoms with Gasteiger partial charge in [-0.15, -0.1) is 23.7 Å². The van der Waals surface area contributed by atoms with Crippen LogP contribution in [0.2, 0.25) is 0 Å². The van der Waals surface area contributed by atoms with Crippen LogP contribution in [-0.4, -0.2) is 43.6 Å². The van der Waals surface area contributed by atoms with Gasteiger partial charge in [-0.3, -0.25) is 4.79 Å². The second-order valence-electron chi connectivity index (χ2n) is 5.20. The van der Waals surface area contributed by atoms with Crippen LogP contribution in [0.4, 0.5) is 0 Å². The molecule has 3 rings (SSSR count). The Kier molecular flexibility index (Phi) is 5.84. The van der Waals surface area contributed by atoms with Crippen molar-refractivity contribution in [2.24, 2.45) is 5.92 Å². The molecule has 0 radical (unpaired) electrons. The minimum atomic E-state index is 0. The van der Waals surface area contributed by atoms with Crippen LogP contribution < -0.4 is 5.32 Å². The maximum atomic E-state index is 12.5. The SMILES string of the molecule is Cl.O=C(C1CCCNC1)N1CCOC(c2cccs2)C1. The largest absolute Gasteiger partial charge is 0.369 e. The summed E-state index contributed by atoms with van der Waals surface area (Å²) in [6.45, 7) is 3.96. The van der Waals surface area contributed by atoms with E-state index in [1.807, 2.05) is 11.0 Å². The number of hydrogen-bond acceptors (Lipinski definition) is 4. The monoisotopic (exact) mass is 316 g/mol. The summed E-state index contributed by atoms with van der Waals surface area (Å²) in [7, 11) is 0. The van der Waals surface area contributed by atoms with E-state index in [2.05, 4.69) is 16.8 Å². The Bertz CT molecular complexity index is 421. The second-order valence-corrected chi connectivity index (χ2v) is 6.18. The van der Waals surface area contributed by atoms with Crippen molar-refractivity contribution in [3.05, 3.63) is 22.4 Å². The molecule has 2 fully saturated rings. The predicted octanol–water partition coefficient (Wildman–Crippen LogP) is 2.07. The number of halogens is 1. The number of carbonyl (C=O) groups is 1. The van der Waals surface area contributed by atoms with Gasteiger partial charge in [0.2, 0.25) is 5.91 Å². The Morgan fingerprint density at radius 3 is 3.10 bits per heavy atom. The van der Waals surface area contributed by atoms with Crippen molar-refractivity contribution in [3.63, 3.8) is 0 Å². The van der Waals surface area contributed by atoms with Gasteiger partial charge in [-0.25, -0.2) is 0 Å². The molecule has 3 heterocycles. The van der Waals surface area contributed by atoms with Crippen molar-refractivity contribution in [2.75, 3.05) is 32.8 Å². The van der Waals surface area contributed by atoms with Crippen LogP contribution in [0.25, 0.3) is 0 Å². The molecule has 1 N–H and O–H groups in total. The molecule has 2 aliphatic rings. The summed E-state index contributed by atoms with van der Waals surface area (Å²) in [4.78, 5) is 15.7. The number of hydrogen-bond donors (Lipinski definition) is 1. The van der Waals surface area contributed by atoms with Crippen LogP contribution in [0.5, 0.6) is 0 Å². The Hall–Kier alpha value is -0.620. The predicted molar refractivity (Wildman–Crippen MR) is 82.4 cm³/mol.